The topological polar surface area (TPSA) is 23.1 Å². The molecule has 0 aliphatic rings. The van der Waals surface area contributed by atoms with Crippen molar-refractivity contribution in [1.82, 2.24) is 0 Å². The zero-order chi connectivity index (χ0) is 7.56. The van der Waals surface area contributed by atoms with Crippen LogP contribution in [0.3, 0.4) is 0 Å². The first-order valence-corrected chi connectivity index (χ1v) is 4.84. The average molecular weight is 172 g/mol. The molecule has 1 atom stereocenters. The second-order valence-electron chi connectivity index (χ2n) is 1.92. The van der Waals surface area contributed by atoms with Crippen molar-refractivity contribution >= 4 is 23.8 Å². The van der Waals surface area contributed by atoms with Gasteiger partial charge in [-0.25, -0.2) is 0 Å². The molecule has 3 heteroatoms. The molecule has 54 valence electrons. The van der Waals surface area contributed by atoms with Crippen molar-refractivity contribution in [2.45, 2.75) is 9.79 Å². The quantitative estimate of drug-likeness (QED) is 0.506. The molecule has 1 aromatic rings. The highest BCUT2D eigenvalue weighted by atomic mass is 32.2. The summed E-state index contributed by atoms with van der Waals surface area (Å²) in [5, 5.41) is 0. The van der Waals surface area contributed by atoms with Gasteiger partial charge in [-0.05, 0) is 23.3 Å². The molecule has 1 aromatic carbocycles. The fraction of sp³-hybridized carbons (Fsp3) is 0.143. The number of benzene rings is 1. The number of hydrogen-bond acceptors (Lipinski definition) is 2. The van der Waals surface area contributed by atoms with Crippen molar-refractivity contribution in [3.8, 4) is 0 Å². The van der Waals surface area contributed by atoms with Gasteiger partial charge in [-0.3, -0.25) is 0 Å². The van der Waals surface area contributed by atoms with Gasteiger partial charge in [-0.1, -0.05) is 12.1 Å². The Hall–Kier alpha value is -0.120. The average Bonchev–Trinajstić information content (AvgIpc) is 1.88. The molecular weight excluding hydrogens is 164 g/mol. The molecule has 0 amide bonds. The Bertz CT molecular complexity index is 223. The smallest absolute Gasteiger partial charge is 0.165 e. The lowest BCUT2D eigenvalue weighted by molar-refractivity contribution is 0.599. The Morgan fingerprint density at radius 1 is 1.40 bits per heavy atom. The van der Waals surface area contributed by atoms with Crippen LogP contribution in [0.2, 0.25) is 0 Å². The van der Waals surface area contributed by atoms with Crippen LogP contribution >= 0.6 is 12.6 Å². The normalized spacial score (nSPS) is 13.1. The second-order valence-corrected chi connectivity index (χ2v) is 3.75. The van der Waals surface area contributed by atoms with E-state index >= 15 is 0 Å². The maximum Gasteiger partial charge on any atom is 0.165 e. The van der Waals surface area contributed by atoms with Crippen molar-refractivity contribution < 1.29 is 4.55 Å². The van der Waals surface area contributed by atoms with Gasteiger partial charge in [0.2, 0.25) is 0 Å². The van der Waals surface area contributed by atoms with E-state index in [2.05, 4.69) is 12.6 Å². The lowest BCUT2D eigenvalue weighted by atomic mass is 10.4. The van der Waals surface area contributed by atoms with E-state index in [1.54, 1.807) is 6.26 Å². The predicted octanol–water partition coefficient (Wildman–Crippen LogP) is 1.71. The Kier molecular flexibility index (Phi) is 2.65. The Morgan fingerprint density at radius 2 is 2.00 bits per heavy atom. The monoisotopic (exact) mass is 172 g/mol. The summed E-state index contributed by atoms with van der Waals surface area (Å²) in [5.41, 5.74) is 0. The molecule has 0 bridgehead atoms. The number of hydrogen-bond donors (Lipinski definition) is 1. The third-order valence-corrected chi connectivity index (χ3v) is 2.69. The molecule has 0 saturated carbocycles. The first-order chi connectivity index (χ1) is 4.72. The number of thiol groups is 1. The molecule has 0 spiro atoms. The summed E-state index contributed by atoms with van der Waals surface area (Å²) in [6.45, 7) is 0. The zero-order valence-corrected chi connectivity index (χ0v) is 7.28. The SMILES string of the molecule is C[S+]([O-])c1ccccc1S. The minimum absolute atomic E-state index is 0.795. The van der Waals surface area contributed by atoms with Gasteiger partial charge in [0.25, 0.3) is 0 Å². The first kappa shape index (κ1) is 7.98. The lowest BCUT2D eigenvalue weighted by Crippen LogP contribution is -1.97. The van der Waals surface area contributed by atoms with Crippen LogP contribution in [0.4, 0.5) is 0 Å². The summed E-state index contributed by atoms with van der Waals surface area (Å²) in [5.74, 6) is 0. The van der Waals surface area contributed by atoms with Gasteiger partial charge in [-0.2, -0.15) is 0 Å². The summed E-state index contributed by atoms with van der Waals surface area (Å²) in [4.78, 5) is 1.59. The minimum atomic E-state index is -0.917. The highest BCUT2D eigenvalue weighted by Gasteiger charge is 2.05. The van der Waals surface area contributed by atoms with E-state index in [0.29, 0.717) is 0 Å². The fourth-order valence-electron chi connectivity index (χ4n) is 0.700. The van der Waals surface area contributed by atoms with Gasteiger partial charge >= 0.3 is 0 Å². The van der Waals surface area contributed by atoms with Crippen molar-refractivity contribution in [1.29, 1.82) is 0 Å². The van der Waals surface area contributed by atoms with Crippen LogP contribution < -0.4 is 0 Å². The highest BCUT2D eigenvalue weighted by Crippen LogP contribution is 2.17. The standard InChI is InChI=1S/C7H8OS2/c1-10(8)7-5-3-2-4-6(7)9/h2-5,9H,1H3. The van der Waals surface area contributed by atoms with E-state index in [9.17, 15) is 4.55 Å². The minimum Gasteiger partial charge on any atom is -0.612 e. The van der Waals surface area contributed by atoms with E-state index in [-0.39, 0.29) is 0 Å². The molecule has 1 unspecified atom stereocenters. The predicted molar refractivity (Wildman–Crippen MR) is 46.0 cm³/mol. The molecule has 0 aliphatic carbocycles. The van der Waals surface area contributed by atoms with E-state index in [0.717, 1.165) is 9.79 Å². The summed E-state index contributed by atoms with van der Waals surface area (Å²) in [6.07, 6.45) is 1.65. The molecule has 0 saturated heterocycles. The lowest BCUT2D eigenvalue weighted by Gasteiger charge is -2.04. The Morgan fingerprint density at radius 3 is 2.40 bits per heavy atom. The van der Waals surface area contributed by atoms with E-state index in [1.807, 2.05) is 24.3 Å². The fourth-order valence-corrected chi connectivity index (χ4v) is 1.88. The second kappa shape index (κ2) is 3.32. The Balaban J connectivity index is 3.03. The van der Waals surface area contributed by atoms with Gasteiger partial charge in [-0.15, -0.1) is 12.6 Å². The van der Waals surface area contributed by atoms with Gasteiger partial charge in [0.1, 0.15) is 6.26 Å². The van der Waals surface area contributed by atoms with Crippen LogP contribution in [-0.4, -0.2) is 10.8 Å². The highest BCUT2D eigenvalue weighted by molar-refractivity contribution is 7.91. The van der Waals surface area contributed by atoms with E-state index < -0.39 is 11.2 Å². The van der Waals surface area contributed by atoms with Crippen molar-refractivity contribution in [2.75, 3.05) is 6.26 Å². The van der Waals surface area contributed by atoms with Crippen LogP contribution in [0, 0.1) is 0 Å². The third kappa shape index (κ3) is 1.68. The first-order valence-electron chi connectivity index (χ1n) is 2.83. The Labute approximate surface area is 69.0 Å². The van der Waals surface area contributed by atoms with Crippen LogP contribution in [0.15, 0.2) is 34.1 Å². The van der Waals surface area contributed by atoms with Crippen LogP contribution in [0.5, 0.6) is 0 Å². The zero-order valence-electron chi connectivity index (χ0n) is 5.57. The summed E-state index contributed by atoms with van der Waals surface area (Å²) >= 11 is 3.23. The molecule has 1 rings (SSSR count). The van der Waals surface area contributed by atoms with Gasteiger partial charge in [0.15, 0.2) is 4.90 Å². The molecule has 0 aliphatic heterocycles. The maximum atomic E-state index is 10.9. The molecule has 0 aromatic heterocycles. The van der Waals surface area contributed by atoms with Gasteiger partial charge in [0, 0.05) is 0 Å². The molecule has 10 heavy (non-hydrogen) atoms. The molecule has 1 nitrogen and oxygen atoms in total. The van der Waals surface area contributed by atoms with Crippen molar-refractivity contribution in [3.63, 3.8) is 0 Å². The van der Waals surface area contributed by atoms with Gasteiger partial charge in [0.05, 0.1) is 4.90 Å². The van der Waals surface area contributed by atoms with Crippen LogP contribution in [-0.2, 0) is 11.2 Å². The van der Waals surface area contributed by atoms with Gasteiger partial charge < -0.3 is 4.55 Å². The number of rotatable bonds is 1. The summed E-state index contributed by atoms with van der Waals surface area (Å²) < 4.78 is 10.9. The van der Waals surface area contributed by atoms with E-state index in [1.165, 1.54) is 0 Å². The third-order valence-electron chi connectivity index (χ3n) is 1.17. The molecule has 0 fully saturated rings. The van der Waals surface area contributed by atoms with E-state index in [4.69, 9.17) is 0 Å². The molecule has 0 heterocycles. The molecule has 0 radical (unpaired) electrons. The summed E-state index contributed by atoms with van der Waals surface area (Å²) in [6, 6.07) is 7.38. The summed E-state index contributed by atoms with van der Waals surface area (Å²) in [7, 11) is 0. The van der Waals surface area contributed by atoms with Crippen molar-refractivity contribution in [3.05, 3.63) is 24.3 Å². The maximum absolute atomic E-state index is 10.9. The van der Waals surface area contributed by atoms with Crippen molar-refractivity contribution in [2.24, 2.45) is 0 Å². The van der Waals surface area contributed by atoms with Crippen LogP contribution in [0.1, 0.15) is 0 Å². The van der Waals surface area contributed by atoms with Crippen LogP contribution in [0.25, 0.3) is 0 Å². The largest absolute Gasteiger partial charge is 0.612 e. The molecular formula is C7H8OS2. The molecule has 0 N–H and O–H groups in total.